The van der Waals surface area contributed by atoms with Gasteiger partial charge in [-0.2, -0.15) is 0 Å². The van der Waals surface area contributed by atoms with Crippen LogP contribution in [0.15, 0.2) is 48.5 Å². The third-order valence-electron chi connectivity index (χ3n) is 5.95. The Morgan fingerprint density at radius 2 is 1.68 bits per heavy atom. The van der Waals surface area contributed by atoms with E-state index in [1.165, 1.54) is 11.3 Å². The van der Waals surface area contributed by atoms with E-state index >= 15 is 0 Å². The van der Waals surface area contributed by atoms with Gasteiger partial charge in [-0.15, -0.1) is 24.8 Å². The van der Waals surface area contributed by atoms with Gasteiger partial charge in [0.1, 0.15) is 5.75 Å². The fourth-order valence-electron chi connectivity index (χ4n) is 4.30. The van der Waals surface area contributed by atoms with E-state index in [1.807, 2.05) is 24.0 Å². The summed E-state index contributed by atoms with van der Waals surface area (Å²) in [6, 6.07) is 16.9. The number of ether oxygens (including phenoxy) is 1. The highest BCUT2D eigenvalue weighted by Crippen LogP contribution is 2.31. The topological polar surface area (TPSA) is 36.0 Å². The predicted molar refractivity (Wildman–Crippen MR) is 132 cm³/mol. The van der Waals surface area contributed by atoms with Gasteiger partial charge in [0.2, 0.25) is 5.91 Å². The van der Waals surface area contributed by atoms with Crippen molar-refractivity contribution in [3.8, 4) is 5.75 Å². The molecule has 0 N–H and O–H groups in total. The molecule has 0 bridgehead atoms. The molecule has 1 saturated heterocycles. The van der Waals surface area contributed by atoms with Crippen LogP contribution in [-0.4, -0.2) is 56.7 Å². The summed E-state index contributed by atoms with van der Waals surface area (Å²) in [6.07, 6.45) is 2.46. The number of para-hydroxylation sites is 1. The summed E-state index contributed by atoms with van der Waals surface area (Å²) < 4.78 is 6.01. The molecule has 0 atom stereocenters. The molecule has 2 aromatic rings. The molecular formula is C24H33Cl2N3O2. The number of amides is 1. The van der Waals surface area contributed by atoms with Crippen LogP contribution in [0.1, 0.15) is 25.3 Å². The Morgan fingerprint density at radius 1 is 0.935 bits per heavy atom. The molecule has 0 spiro atoms. The summed E-state index contributed by atoms with van der Waals surface area (Å²) in [5, 5.41) is 0. The zero-order chi connectivity index (χ0) is 20.1. The van der Waals surface area contributed by atoms with Gasteiger partial charge in [0.05, 0.1) is 12.3 Å². The molecule has 2 aromatic carbocycles. The van der Waals surface area contributed by atoms with Crippen molar-refractivity contribution in [3.05, 3.63) is 54.1 Å². The minimum atomic E-state index is 0. The number of fused-ring (bicyclic) bond motifs is 1. The van der Waals surface area contributed by atoms with E-state index in [1.54, 1.807) is 0 Å². The van der Waals surface area contributed by atoms with Crippen LogP contribution in [0.3, 0.4) is 0 Å². The van der Waals surface area contributed by atoms with E-state index in [-0.39, 0.29) is 30.7 Å². The van der Waals surface area contributed by atoms with Crippen molar-refractivity contribution in [2.45, 2.75) is 26.2 Å². The molecule has 1 amide bonds. The van der Waals surface area contributed by atoms with Crippen molar-refractivity contribution in [2.24, 2.45) is 0 Å². The predicted octanol–water partition coefficient (Wildman–Crippen LogP) is 4.42. The molecule has 4 rings (SSSR count). The van der Waals surface area contributed by atoms with Crippen molar-refractivity contribution in [1.82, 2.24) is 4.90 Å². The molecule has 2 heterocycles. The fourth-order valence-corrected chi connectivity index (χ4v) is 4.30. The van der Waals surface area contributed by atoms with Crippen LogP contribution in [0.5, 0.6) is 5.75 Å². The van der Waals surface area contributed by atoms with E-state index in [2.05, 4.69) is 46.2 Å². The van der Waals surface area contributed by atoms with Gasteiger partial charge >= 0.3 is 0 Å². The van der Waals surface area contributed by atoms with Crippen LogP contribution in [-0.2, 0) is 11.2 Å². The zero-order valence-corrected chi connectivity index (χ0v) is 19.8. The lowest BCUT2D eigenvalue weighted by atomic mass is 10.0. The summed E-state index contributed by atoms with van der Waals surface area (Å²) >= 11 is 0. The summed E-state index contributed by atoms with van der Waals surface area (Å²) in [7, 11) is 0. The van der Waals surface area contributed by atoms with Crippen LogP contribution in [0.2, 0.25) is 0 Å². The molecule has 1 fully saturated rings. The SMILES string of the molecule is CCN1C(=O)CCc2ccc(OCCCN3CCN(c4ccccc4)CC3)cc21.Cl.Cl. The number of nitrogens with zero attached hydrogens (tertiary/aromatic N) is 3. The second kappa shape index (κ2) is 12.2. The highest BCUT2D eigenvalue weighted by Gasteiger charge is 2.23. The number of benzene rings is 2. The first-order chi connectivity index (χ1) is 14.2. The number of aryl methyl sites for hydroxylation is 1. The Kier molecular flexibility index (Phi) is 9.94. The lowest BCUT2D eigenvalue weighted by Gasteiger charge is -2.36. The van der Waals surface area contributed by atoms with Gasteiger partial charge in [0.25, 0.3) is 0 Å². The number of carbonyl (C=O) groups excluding carboxylic acids is 1. The van der Waals surface area contributed by atoms with E-state index in [0.717, 1.165) is 57.0 Å². The molecule has 0 unspecified atom stereocenters. The monoisotopic (exact) mass is 465 g/mol. The first-order valence-electron chi connectivity index (χ1n) is 10.8. The second-order valence-electron chi connectivity index (χ2n) is 7.79. The third kappa shape index (κ3) is 6.28. The summed E-state index contributed by atoms with van der Waals surface area (Å²) in [5.41, 5.74) is 3.59. The molecule has 0 aliphatic carbocycles. The number of halogens is 2. The minimum absolute atomic E-state index is 0. The fraction of sp³-hybridized carbons (Fsp3) is 0.458. The number of piperazine rings is 1. The van der Waals surface area contributed by atoms with Crippen LogP contribution in [0, 0.1) is 0 Å². The second-order valence-corrected chi connectivity index (χ2v) is 7.79. The van der Waals surface area contributed by atoms with E-state index in [4.69, 9.17) is 4.74 Å². The van der Waals surface area contributed by atoms with Gasteiger partial charge in [-0.05, 0) is 43.5 Å². The standard InChI is InChI=1S/C24H31N3O2.2ClH/c1-2-27-23-19-22(11-9-20(23)10-12-24(27)28)29-18-6-13-25-14-16-26(17-15-25)21-7-4-3-5-8-21;;/h3-5,7-9,11,19H,2,6,10,12-18H2,1H3;2*1H. The number of hydrogen-bond donors (Lipinski definition) is 0. The molecule has 2 aliphatic heterocycles. The normalized spacial score (nSPS) is 16.2. The molecule has 0 radical (unpaired) electrons. The summed E-state index contributed by atoms with van der Waals surface area (Å²) in [6.45, 7) is 8.86. The number of hydrogen-bond acceptors (Lipinski definition) is 4. The smallest absolute Gasteiger partial charge is 0.227 e. The van der Waals surface area contributed by atoms with Gasteiger partial charge in [-0.25, -0.2) is 0 Å². The van der Waals surface area contributed by atoms with Crippen molar-refractivity contribution in [1.29, 1.82) is 0 Å². The molecule has 0 aromatic heterocycles. The summed E-state index contributed by atoms with van der Waals surface area (Å²) in [5.74, 6) is 1.08. The van der Waals surface area contributed by atoms with E-state index in [9.17, 15) is 4.79 Å². The van der Waals surface area contributed by atoms with Crippen molar-refractivity contribution in [2.75, 3.05) is 55.7 Å². The lowest BCUT2D eigenvalue weighted by molar-refractivity contribution is -0.118. The zero-order valence-electron chi connectivity index (χ0n) is 18.2. The van der Waals surface area contributed by atoms with Crippen LogP contribution in [0.4, 0.5) is 11.4 Å². The Hall–Kier alpha value is -1.95. The molecule has 0 saturated carbocycles. The van der Waals surface area contributed by atoms with Crippen LogP contribution >= 0.6 is 24.8 Å². The van der Waals surface area contributed by atoms with Gasteiger partial charge in [-0.3, -0.25) is 9.69 Å². The van der Waals surface area contributed by atoms with E-state index in [0.29, 0.717) is 19.6 Å². The molecule has 31 heavy (non-hydrogen) atoms. The summed E-state index contributed by atoms with van der Waals surface area (Å²) in [4.78, 5) is 19.0. The van der Waals surface area contributed by atoms with Crippen molar-refractivity contribution in [3.63, 3.8) is 0 Å². The third-order valence-corrected chi connectivity index (χ3v) is 5.95. The largest absolute Gasteiger partial charge is 0.493 e. The maximum atomic E-state index is 12.1. The molecule has 7 heteroatoms. The maximum Gasteiger partial charge on any atom is 0.227 e. The molecule has 170 valence electrons. The number of carbonyl (C=O) groups is 1. The highest BCUT2D eigenvalue weighted by atomic mass is 35.5. The maximum absolute atomic E-state index is 12.1. The van der Waals surface area contributed by atoms with Gasteiger partial charge in [-0.1, -0.05) is 24.3 Å². The van der Waals surface area contributed by atoms with Crippen LogP contribution in [0.25, 0.3) is 0 Å². The average molecular weight is 466 g/mol. The molecular weight excluding hydrogens is 433 g/mol. The Bertz CT molecular complexity index is 827. The van der Waals surface area contributed by atoms with Crippen molar-refractivity contribution < 1.29 is 9.53 Å². The lowest BCUT2D eigenvalue weighted by Crippen LogP contribution is -2.46. The Labute approximate surface area is 198 Å². The Balaban J connectivity index is 0.00000171. The van der Waals surface area contributed by atoms with Gasteiger partial charge in [0, 0.05) is 57.4 Å². The first kappa shape index (κ1) is 25.3. The Morgan fingerprint density at radius 3 is 2.39 bits per heavy atom. The number of anilines is 2. The van der Waals surface area contributed by atoms with Gasteiger partial charge in [0.15, 0.2) is 0 Å². The highest BCUT2D eigenvalue weighted by molar-refractivity contribution is 5.96. The van der Waals surface area contributed by atoms with Crippen LogP contribution < -0.4 is 14.5 Å². The van der Waals surface area contributed by atoms with E-state index < -0.39 is 0 Å². The van der Waals surface area contributed by atoms with Gasteiger partial charge < -0.3 is 14.5 Å². The molecule has 2 aliphatic rings. The minimum Gasteiger partial charge on any atom is -0.493 e. The number of rotatable bonds is 7. The molecule has 5 nitrogen and oxygen atoms in total. The van der Waals surface area contributed by atoms with Crippen molar-refractivity contribution >= 4 is 42.1 Å². The quantitative estimate of drug-likeness (QED) is 0.566. The first-order valence-corrected chi connectivity index (χ1v) is 10.8. The average Bonchev–Trinajstić information content (AvgIpc) is 2.77.